The monoisotopic (exact) mass is 314 g/mol. The number of carbonyl (C=O) groups is 1. The molecule has 0 aromatic heterocycles. The lowest BCUT2D eigenvalue weighted by Crippen LogP contribution is -1.97. The average molecular weight is 315 g/mol. The van der Waals surface area contributed by atoms with E-state index in [1.807, 2.05) is 24.3 Å². The van der Waals surface area contributed by atoms with Gasteiger partial charge in [-0.2, -0.15) is 0 Å². The van der Waals surface area contributed by atoms with Crippen molar-refractivity contribution in [3.05, 3.63) is 82.9 Å². The standard InChI is InChI=1S/C18H15ClO3/c1-2-15(18(20)21)11-13-5-9-17(10-6-13)22-12-14-3-7-16(19)8-4-14/h2-11H,1,12H2,(H,20,21). The van der Waals surface area contributed by atoms with E-state index in [0.717, 1.165) is 11.1 Å². The minimum Gasteiger partial charge on any atom is -0.489 e. The van der Waals surface area contributed by atoms with E-state index >= 15 is 0 Å². The molecular formula is C18H15ClO3. The fourth-order valence-electron chi connectivity index (χ4n) is 1.80. The molecule has 0 atom stereocenters. The average Bonchev–Trinajstić information content (AvgIpc) is 2.53. The van der Waals surface area contributed by atoms with Crippen molar-refractivity contribution >= 4 is 23.6 Å². The maximum absolute atomic E-state index is 10.9. The summed E-state index contributed by atoms with van der Waals surface area (Å²) in [4.78, 5) is 10.9. The smallest absolute Gasteiger partial charge is 0.335 e. The van der Waals surface area contributed by atoms with E-state index in [0.29, 0.717) is 17.4 Å². The Morgan fingerprint density at radius 1 is 1.14 bits per heavy atom. The molecule has 3 nitrogen and oxygen atoms in total. The van der Waals surface area contributed by atoms with Gasteiger partial charge in [-0.05, 0) is 41.5 Å². The fraction of sp³-hybridized carbons (Fsp3) is 0.0556. The molecule has 0 saturated heterocycles. The minimum absolute atomic E-state index is 0.148. The fourth-order valence-corrected chi connectivity index (χ4v) is 1.92. The lowest BCUT2D eigenvalue weighted by molar-refractivity contribution is -0.132. The first-order chi connectivity index (χ1) is 10.6. The summed E-state index contributed by atoms with van der Waals surface area (Å²) in [5.74, 6) is -0.291. The second kappa shape index (κ2) is 7.48. The highest BCUT2D eigenvalue weighted by atomic mass is 35.5. The molecule has 2 rings (SSSR count). The third-order valence-corrected chi connectivity index (χ3v) is 3.24. The van der Waals surface area contributed by atoms with E-state index in [1.165, 1.54) is 6.08 Å². The number of carboxylic acid groups (broad SMARTS) is 1. The molecule has 0 radical (unpaired) electrons. The molecule has 2 aromatic rings. The molecule has 0 heterocycles. The zero-order valence-electron chi connectivity index (χ0n) is 11.8. The Hall–Kier alpha value is -2.52. The Balaban J connectivity index is 2.01. The first-order valence-electron chi connectivity index (χ1n) is 6.63. The summed E-state index contributed by atoms with van der Waals surface area (Å²) in [7, 11) is 0. The van der Waals surface area contributed by atoms with Gasteiger partial charge in [0, 0.05) is 5.02 Å². The lowest BCUT2D eigenvalue weighted by Gasteiger charge is -2.07. The number of hydrogen-bond acceptors (Lipinski definition) is 2. The van der Waals surface area contributed by atoms with E-state index in [-0.39, 0.29) is 5.57 Å². The van der Waals surface area contributed by atoms with Gasteiger partial charge in [0.25, 0.3) is 0 Å². The zero-order valence-corrected chi connectivity index (χ0v) is 12.6. The Kier molecular flexibility index (Phi) is 5.39. The second-order valence-electron chi connectivity index (χ2n) is 4.59. The van der Waals surface area contributed by atoms with Crippen LogP contribution in [-0.4, -0.2) is 11.1 Å². The molecule has 1 N–H and O–H groups in total. The van der Waals surface area contributed by atoms with Crippen LogP contribution >= 0.6 is 11.6 Å². The van der Waals surface area contributed by atoms with Gasteiger partial charge in [0.05, 0.1) is 5.57 Å². The van der Waals surface area contributed by atoms with Crippen LogP contribution in [0.15, 0.2) is 66.8 Å². The van der Waals surface area contributed by atoms with Crippen molar-refractivity contribution in [3.63, 3.8) is 0 Å². The largest absolute Gasteiger partial charge is 0.489 e. The maximum Gasteiger partial charge on any atom is 0.335 e. The van der Waals surface area contributed by atoms with E-state index in [9.17, 15) is 4.79 Å². The van der Waals surface area contributed by atoms with Gasteiger partial charge in [0.15, 0.2) is 0 Å². The minimum atomic E-state index is -1.00. The molecule has 0 fully saturated rings. The highest BCUT2D eigenvalue weighted by Gasteiger charge is 2.02. The van der Waals surface area contributed by atoms with Crippen molar-refractivity contribution in [2.75, 3.05) is 0 Å². The summed E-state index contributed by atoms with van der Waals surface area (Å²) in [5, 5.41) is 9.64. The summed E-state index contributed by atoms with van der Waals surface area (Å²) in [6.45, 7) is 3.93. The van der Waals surface area contributed by atoms with Gasteiger partial charge in [-0.25, -0.2) is 4.79 Å². The normalized spacial score (nSPS) is 11.0. The van der Waals surface area contributed by atoms with Gasteiger partial charge >= 0.3 is 5.97 Å². The number of halogens is 1. The van der Waals surface area contributed by atoms with E-state index < -0.39 is 5.97 Å². The van der Waals surface area contributed by atoms with E-state index in [1.54, 1.807) is 30.3 Å². The van der Waals surface area contributed by atoms with Crippen LogP contribution in [-0.2, 0) is 11.4 Å². The van der Waals surface area contributed by atoms with Crippen LogP contribution in [0, 0.1) is 0 Å². The molecule has 0 aliphatic heterocycles. The summed E-state index contributed by atoms with van der Waals surface area (Å²) in [6, 6.07) is 14.6. The zero-order chi connectivity index (χ0) is 15.9. The Morgan fingerprint density at radius 2 is 1.77 bits per heavy atom. The number of hydrogen-bond donors (Lipinski definition) is 1. The Labute approximate surface area is 134 Å². The van der Waals surface area contributed by atoms with Gasteiger partial charge in [0.1, 0.15) is 12.4 Å². The molecule has 0 aliphatic rings. The predicted molar refractivity (Wildman–Crippen MR) is 88.0 cm³/mol. The highest BCUT2D eigenvalue weighted by Crippen LogP contribution is 2.17. The van der Waals surface area contributed by atoms with Gasteiger partial charge in [-0.1, -0.05) is 48.5 Å². The molecule has 0 amide bonds. The molecule has 0 saturated carbocycles. The van der Waals surface area contributed by atoms with E-state index in [2.05, 4.69) is 6.58 Å². The molecule has 2 aromatic carbocycles. The topological polar surface area (TPSA) is 46.5 Å². The van der Waals surface area contributed by atoms with Crippen molar-refractivity contribution < 1.29 is 14.6 Å². The van der Waals surface area contributed by atoms with Crippen molar-refractivity contribution in [2.45, 2.75) is 6.61 Å². The lowest BCUT2D eigenvalue weighted by atomic mass is 10.1. The van der Waals surface area contributed by atoms with Crippen molar-refractivity contribution in [1.82, 2.24) is 0 Å². The summed E-state index contributed by atoms with van der Waals surface area (Å²) in [6.07, 6.45) is 2.87. The Bertz CT molecular complexity index is 685. The quantitative estimate of drug-likeness (QED) is 0.627. The molecule has 0 unspecified atom stereocenters. The molecule has 0 bridgehead atoms. The number of carboxylic acids is 1. The van der Waals surface area contributed by atoms with Gasteiger partial charge < -0.3 is 9.84 Å². The van der Waals surface area contributed by atoms with Crippen LogP contribution in [0.2, 0.25) is 5.02 Å². The summed E-state index contributed by atoms with van der Waals surface area (Å²) >= 11 is 5.83. The molecule has 22 heavy (non-hydrogen) atoms. The molecule has 0 spiro atoms. The van der Waals surface area contributed by atoms with Gasteiger partial charge in [-0.15, -0.1) is 0 Å². The third-order valence-electron chi connectivity index (χ3n) is 2.99. The van der Waals surface area contributed by atoms with Crippen LogP contribution in [0.25, 0.3) is 6.08 Å². The maximum atomic E-state index is 10.9. The second-order valence-corrected chi connectivity index (χ2v) is 5.03. The molecule has 112 valence electrons. The van der Waals surface area contributed by atoms with Crippen molar-refractivity contribution in [3.8, 4) is 5.75 Å². The molecule has 4 heteroatoms. The summed E-state index contributed by atoms with van der Waals surface area (Å²) in [5.41, 5.74) is 1.94. The van der Waals surface area contributed by atoms with Crippen molar-refractivity contribution in [1.29, 1.82) is 0 Å². The first kappa shape index (κ1) is 15.9. The third kappa shape index (κ3) is 4.50. The van der Waals surface area contributed by atoms with Gasteiger partial charge in [-0.3, -0.25) is 0 Å². The van der Waals surface area contributed by atoms with Crippen LogP contribution in [0.1, 0.15) is 11.1 Å². The van der Waals surface area contributed by atoms with Gasteiger partial charge in [0.2, 0.25) is 0 Å². The number of ether oxygens (including phenoxy) is 1. The van der Waals surface area contributed by atoms with Crippen LogP contribution in [0.5, 0.6) is 5.75 Å². The number of rotatable bonds is 6. The van der Waals surface area contributed by atoms with Crippen LogP contribution in [0.4, 0.5) is 0 Å². The Morgan fingerprint density at radius 3 is 2.32 bits per heavy atom. The van der Waals surface area contributed by atoms with Crippen LogP contribution in [0.3, 0.4) is 0 Å². The van der Waals surface area contributed by atoms with Crippen molar-refractivity contribution in [2.24, 2.45) is 0 Å². The van der Waals surface area contributed by atoms with E-state index in [4.69, 9.17) is 21.4 Å². The number of aliphatic carboxylic acids is 1. The van der Waals surface area contributed by atoms with Crippen LogP contribution < -0.4 is 4.74 Å². The first-order valence-corrected chi connectivity index (χ1v) is 7.01. The number of benzene rings is 2. The predicted octanol–water partition coefficient (Wildman–Crippen LogP) is 4.57. The molecule has 0 aliphatic carbocycles. The summed E-state index contributed by atoms with van der Waals surface area (Å²) < 4.78 is 5.67. The SMILES string of the molecule is C=CC(=Cc1ccc(OCc2ccc(Cl)cc2)cc1)C(=O)O. The molecular weight excluding hydrogens is 300 g/mol. The highest BCUT2D eigenvalue weighted by molar-refractivity contribution is 6.30.